The Bertz CT molecular complexity index is 1990. The monoisotopic (exact) mass is 728 g/mol. The van der Waals surface area contributed by atoms with E-state index in [9.17, 15) is 30.3 Å². The number of ether oxygens (including phenoxy) is 5. The molecular formula is C40H44N2O11. The summed E-state index contributed by atoms with van der Waals surface area (Å²) in [6, 6.07) is 7.72. The number of rotatable bonds is 4. The van der Waals surface area contributed by atoms with Gasteiger partial charge >= 0.3 is 5.97 Å². The third-order valence-electron chi connectivity index (χ3n) is 14.6. The van der Waals surface area contributed by atoms with E-state index in [1.165, 1.54) is 0 Å². The summed E-state index contributed by atoms with van der Waals surface area (Å²) >= 11 is 0. The van der Waals surface area contributed by atoms with E-state index >= 15 is 0 Å². The maximum atomic E-state index is 13.9. The second-order valence-electron chi connectivity index (χ2n) is 16.8. The van der Waals surface area contributed by atoms with E-state index in [1.54, 1.807) is 18.2 Å². The molecule has 280 valence electrons. The predicted molar refractivity (Wildman–Crippen MR) is 185 cm³/mol. The molecule has 4 bridgehead atoms. The van der Waals surface area contributed by atoms with Crippen LogP contribution in [-0.2, 0) is 37.9 Å². The fraction of sp³-hybridized carbons (Fsp3) is 0.575. The molecule has 13 heteroatoms. The van der Waals surface area contributed by atoms with E-state index in [-0.39, 0.29) is 35.4 Å². The summed E-state index contributed by atoms with van der Waals surface area (Å²) in [6.45, 7) is 1.66. The van der Waals surface area contributed by atoms with Crippen LogP contribution >= 0.6 is 0 Å². The second kappa shape index (κ2) is 11.0. The molecule has 0 amide bonds. The lowest BCUT2D eigenvalue weighted by Crippen LogP contribution is -2.66. The lowest BCUT2D eigenvalue weighted by molar-refractivity contribution is -0.306. The molecule has 3 fully saturated rings. The van der Waals surface area contributed by atoms with Crippen LogP contribution in [0.25, 0.3) is 0 Å². The Morgan fingerprint density at radius 3 is 2.11 bits per heavy atom. The minimum absolute atomic E-state index is 0.0583. The topological polar surface area (TPSA) is 171 Å². The minimum atomic E-state index is -1.82. The molecule has 0 saturated carbocycles. The van der Waals surface area contributed by atoms with Crippen LogP contribution in [0.3, 0.4) is 0 Å². The number of piperidine rings is 2. The van der Waals surface area contributed by atoms with Gasteiger partial charge in [-0.1, -0.05) is 36.4 Å². The number of aromatic hydroxyl groups is 1. The molecule has 5 heterocycles. The highest BCUT2D eigenvalue weighted by molar-refractivity contribution is 5.80. The first-order valence-electron chi connectivity index (χ1n) is 18.9. The third kappa shape index (κ3) is 4.06. The largest absolute Gasteiger partial charge is 0.504 e. The summed E-state index contributed by atoms with van der Waals surface area (Å²) in [5.74, 6) is 0.280. The van der Waals surface area contributed by atoms with Gasteiger partial charge in [-0.3, -0.25) is 0 Å². The summed E-state index contributed by atoms with van der Waals surface area (Å²) in [7, 11) is 4.25. The zero-order chi connectivity index (χ0) is 36.3. The van der Waals surface area contributed by atoms with Crippen molar-refractivity contribution < 1.29 is 54.0 Å². The lowest BCUT2D eigenvalue weighted by atomic mass is 9.53. The number of aliphatic hydroxyl groups is 4. The van der Waals surface area contributed by atoms with Gasteiger partial charge in [0.1, 0.15) is 42.7 Å². The number of phenols is 1. The first-order chi connectivity index (χ1) is 25.5. The maximum absolute atomic E-state index is 13.9. The number of aliphatic hydroxyl groups excluding tert-OH is 4. The first-order valence-corrected chi connectivity index (χ1v) is 18.9. The van der Waals surface area contributed by atoms with Crippen molar-refractivity contribution >= 4 is 5.97 Å². The van der Waals surface area contributed by atoms with Gasteiger partial charge in [-0.05, 0) is 76.1 Å². The van der Waals surface area contributed by atoms with Crippen LogP contribution in [0.2, 0.25) is 0 Å². The molecule has 0 aromatic heterocycles. The van der Waals surface area contributed by atoms with Gasteiger partial charge in [-0.25, -0.2) is 4.79 Å². The van der Waals surface area contributed by atoms with Gasteiger partial charge in [0, 0.05) is 45.9 Å². The zero-order valence-electron chi connectivity index (χ0n) is 29.4. The van der Waals surface area contributed by atoms with Crippen molar-refractivity contribution in [1.82, 2.24) is 9.80 Å². The van der Waals surface area contributed by atoms with Gasteiger partial charge in [-0.2, -0.15) is 0 Å². The SMILES string of the molecule is CN1CC[C@]23c4c5ccc(O)c4O[C@H]2[C@@H](O[C@@H]2O[C@H](C(=O)Oc4ccc6c7c4O[C@H]4[C@@H](O)C=C[C@H]8[C@@H](C6)N(C)CC[C@@]784)[C@@H](O)[C@H](O)[C@H]2O)C=C[C@H]3[C@H]1C5. The average molecular weight is 729 g/mol. The third-order valence-corrected chi connectivity index (χ3v) is 14.6. The number of carbonyl (C=O) groups excluding carboxylic acids is 1. The molecule has 2 aromatic carbocycles. The van der Waals surface area contributed by atoms with Crippen LogP contribution < -0.4 is 14.2 Å². The standard InChI is InChI=1S/C40H44N2O11/c1-41-13-11-39-19-5-8-24(44)35(39)52-33-25(9-4-18(28(33)39)16-21(19)41)49-37(48)34-30(46)29(45)31(47)38(53-34)50-26-10-6-20-22-15-17-3-7-23(43)32-27(17)40(20,36(26)51-32)12-14-42(22)2/h3-10,19-22,24,26,29-31,34-36,38,43-47H,11-16H2,1-2H3/t19-,20-,21+,22+,24-,26-,29-,30-,31+,34-,35-,36-,38+,39-,40-/m0/s1. The molecule has 5 aliphatic heterocycles. The number of phenolic OH excluding ortho intramolecular Hbond substituents is 1. The predicted octanol–water partition coefficient (Wildman–Crippen LogP) is 0.442. The van der Waals surface area contributed by atoms with Crippen molar-refractivity contribution in [2.75, 3.05) is 27.2 Å². The number of hydrogen-bond donors (Lipinski definition) is 5. The molecule has 0 radical (unpaired) electrons. The molecular weight excluding hydrogens is 684 g/mol. The van der Waals surface area contributed by atoms with Gasteiger partial charge in [0.2, 0.25) is 0 Å². The van der Waals surface area contributed by atoms with Gasteiger partial charge in [0.25, 0.3) is 0 Å². The molecule has 3 saturated heterocycles. The van der Waals surface area contributed by atoms with E-state index in [0.717, 1.165) is 61.0 Å². The smallest absolute Gasteiger partial charge is 0.343 e. The number of likely N-dealkylation sites (N-methyl/N-ethyl adjacent to an activating group) is 2. The van der Waals surface area contributed by atoms with Gasteiger partial charge in [0.05, 0.1) is 0 Å². The van der Waals surface area contributed by atoms with Crippen LogP contribution in [0.15, 0.2) is 48.6 Å². The number of nitrogens with zero attached hydrogens (tertiary/aromatic N) is 2. The number of benzene rings is 2. The van der Waals surface area contributed by atoms with E-state index in [2.05, 4.69) is 36.0 Å². The number of likely N-dealkylation sites (tertiary alicyclic amines) is 2. The van der Waals surface area contributed by atoms with Crippen molar-refractivity contribution in [1.29, 1.82) is 0 Å². The highest BCUT2D eigenvalue weighted by atomic mass is 16.7. The first kappa shape index (κ1) is 32.9. The van der Waals surface area contributed by atoms with Crippen LogP contribution in [0.4, 0.5) is 0 Å². The Hall–Kier alpha value is -3.53. The normalized spacial score (nSPS) is 45.2. The van der Waals surface area contributed by atoms with Crippen molar-refractivity contribution in [3.05, 3.63) is 70.8 Å². The van der Waals surface area contributed by atoms with Crippen molar-refractivity contribution in [3.63, 3.8) is 0 Å². The minimum Gasteiger partial charge on any atom is -0.504 e. The average Bonchev–Trinajstić information content (AvgIpc) is 3.69. The van der Waals surface area contributed by atoms with Crippen molar-refractivity contribution in [2.45, 2.75) is 104 Å². The molecule has 11 rings (SSSR count). The van der Waals surface area contributed by atoms with E-state index in [1.807, 2.05) is 18.2 Å². The zero-order valence-corrected chi connectivity index (χ0v) is 29.4. The van der Waals surface area contributed by atoms with Gasteiger partial charge < -0.3 is 59.0 Å². The Balaban J connectivity index is 0.885. The van der Waals surface area contributed by atoms with E-state index in [4.69, 9.17) is 23.7 Å². The van der Waals surface area contributed by atoms with E-state index in [0.29, 0.717) is 11.5 Å². The quantitative estimate of drug-likeness (QED) is 0.167. The molecule has 13 nitrogen and oxygen atoms in total. The Morgan fingerprint density at radius 2 is 1.40 bits per heavy atom. The second-order valence-corrected chi connectivity index (χ2v) is 16.8. The molecule has 2 aromatic rings. The van der Waals surface area contributed by atoms with Crippen molar-refractivity contribution in [3.8, 4) is 23.0 Å². The highest BCUT2D eigenvalue weighted by Crippen LogP contribution is 2.64. The Morgan fingerprint density at radius 1 is 0.774 bits per heavy atom. The fourth-order valence-electron chi connectivity index (χ4n) is 12.1. The van der Waals surface area contributed by atoms with Crippen LogP contribution in [0.1, 0.15) is 35.1 Å². The molecule has 5 N–H and O–H groups in total. The van der Waals surface area contributed by atoms with Gasteiger partial charge in [-0.15, -0.1) is 0 Å². The number of carbonyl (C=O) groups is 1. The molecule has 53 heavy (non-hydrogen) atoms. The van der Waals surface area contributed by atoms with Crippen LogP contribution in [-0.4, -0.2) is 136 Å². The van der Waals surface area contributed by atoms with Crippen molar-refractivity contribution in [2.24, 2.45) is 11.8 Å². The highest BCUT2D eigenvalue weighted by Gasteiger charge is 2.66. The Labute approximate surface area is 305 Å². The summed E-state index contributed by atoms with van der Waals surface area (Å²) in [5, 5.41) is 55.3. The molecule has 15 atom stereocenters. The molecule has 4 aliphatic carbocycles. The number of esters is 1. The number of hydrogen-bond acceptors (Lipinski definition) is 13. The van der Waals surface area contributed by atoms with Crippen LogP contribution in [0, 0.1) is 11.8 Å². The van der Waals surface area contributed by atoms with Crippen LogP contribution in [0.5, 0.6) is 23.0 Å². The molecule has 0 unspecified atom stereocenters. The fourth-order valence-corrected chi connectivity index (χ4v) is 12.1. The molecule has 9 aliphatic rings. The summed E-state index contributed by atoms with van der Waals surface area (Å²) in [5.41, 5.74) is 3.22. The van der Waals surface area contributed by atoms with E-state index < -0.39 is 71.9 Å². The summed E-state index contributed by atoms with van der Waals surface area (Å²) < 4.78 is 31.4. The Kier molecular flexibility index (Phi) is 6.84. The molecule has 2 spiro atoms. The van der Waals surface area contributed by atoms with Gasteiger partial charge in [0.15, 0.2) is 35.4 Å². The summed E-state index contributed by atoms with van der Waals surface area (Å²) in [6.07, 6.45) is -0.231. The maximum Gasteiger partial charge on any atom is 0.343 e. The lowest BCUT2D eigenvalue weighted by Gasteiger charge is -2.57. The summed E-state index contributed by atoms with van der Waals surface area (Å²) in [4.78, 5) is 18.7.